The quantitative estimate of drug-likeness (QED) is 0.716. The molecule has 4 heteroatoms. The average Bonchev–Trinajstić information content (AvgIpc) is 2.54. The minimum absolute atomic E-state index is 0.611. The Bertz CT molecular complexity index is 800. The standard InChI is InChI=1S/C18H17N3S/c1-13-11-17(15-9-5-6-10-16(15)20-13)21-18(22)19-12-14-7-3-2-4-8-14/h2-11H,12H2,1H3,(H2,19,20,21,22). The Morgan fingerprint density at radius 3 is 2.59 bits per heavy atom. The molecule has 22 heavy (non-hydrogen) atoms. The van der Waals surface area contributed by atoms with E-state index in [9.17, 15) is 0 Å². The van der Waals surface area contributed by atoms with Crippen LogP contribution in [0.1, 0.15) is 11.3 Å². The Hall–Kier alpha value is -2.46. The number of hydrogen-bond donors (Lipinski definition) is 2. The summed E-state index contributed by atoms with van der Waals surface area (Å²) >= 11 is 5.40. The molecule has 1 heterocycles. The van der Waals surface area contributed by atoms with Crippen LogP contribution in [-0.2, 0) is 6.54 Å². The van der Waals surface area contributed by atoms with Crippen LogP contribution in [-0.4, -0.2) is 10.1 Å². The molecule has 0 aliphatic rings. The molecule has 2 N–H and O–H groups in total. The minimum Gasteiger partial charge on any atom is -0.358 e. The Morgan fingerprint density at radius 2 is 1.77 bits per heavy atom. The second-order valence-corrected chi connectivity index (χ2v) is 5.53. The number of nitrogens with zero attached hydrogens (tertiary/aromatic N) is 1. The zero-order valence-corrected chi connectivity index (χ0v) is 13.2. The number of aromatic nitrogens is 1. The number of benzene rings is 2. The number of fused-ring (bicyclic) bond motifs is 1. The van der Waals surface area contributed by atoms with E-state index in [1.165, 1.54) is 5.56 Å². The van der Waals surface area contributed by atoms with Crippen molar-refractivity contribution >= 4 is 33.9 Å². The van der Waals surface area contributed by atoms with Gasteiger partial charge in [-0.2, -0.15) is 0 Å². The lowest BCUT2D eigenvalue weighted by Crippen LogP contribution is -2.28. The molecule has 110 valence electrons. The molecular formula is C18H17N3S. The molecule has 0 atom stereocenters. The number of rotatable bonds is 3. The van der Waals surface area contributed by atoms with Gasteiger partial charge in [-0.3, -0.25) is 4.98 Å². The van der Waals surface area contributed by atoms with E-state index >= 15 is 0 Å². The van der Waals surface area contributed by atoms with E-state index in [0.29, 0.717) is 11.7 Å². The average molecular weight is 307 g/mol. The third-order valence-corrected chi connectivity index (χ3v) is 3.63. The van der Waals surface area contributed by atoms with Crippen molar-refractivity contribution in [2.45, 2.75) is 13.5 Å². The van der Waals surface area contributed by atoms with Crippen LogP contribution in [0.25, 0.3) is 10.9 Å². The molecule has 1 aromatic heterocycles. The van der Waals surface area contributed by atoms with Gasteiger partial charge in [-0.15, -0.1) is 0 Å². The van der Waals surface area contributed by atoms with Crippen LogP contribution in [0.4, 0.5) is 5.69 Å². The van der Waals surface area contributed by atoms with Crippen molar-refractivity contribution < 1.29 is 0 Å². The number of thiocarbonyl (C=S) groups is 1. The maximum Gasteiger partial charge on any atom is 0.171 e. The zero-order valence-electron chi connectivity index (χ0n) is 12.3. The molecule has 3 aromatic rings. The van der Waals surface area contributed by atoms with Gasteiger partial charge in [0.05, 0.1) is 11.2 Å². The van der Waals surface area contributed by atoms with Gasteiger partial charge in [0.1, 0.15) is 0 Å². The third-order valence-electron chi connectivity index (χ3n) is 3.39. The highest BCUT2D eigenvalue weighted by atomic mass is 32.1. The van der Waals surface area contributed by atoms with Crippen molar-refractivity contribution in [3.63, 3.8) is 0 Å². The Morgan fingerprint density at radius 1 is 1.05 bits per heavy atom. The zero-order chi connectivity index (χ0) is 15.4. The first-order valence-electron chi connectivity index (χ1n) is 7.17. The molecule has 0 aliphatic carbocycles. The largest absolute Gasteiger partial charge is 0.358 e. The summed E-state index contributed by atoms with van der Waals surface area (Å²) in [6.45, 7) is 2.69. The SMILES string of the molecule is Cc1cc(NC(=S)NCc2ccccc2)c2ccccc2n1. The first kappa shape index (κ1) is 14.5. The van der Waals surface area contributed by atoms with Crippen LogP contribution in [0.3, 0.4) is 0 Å². The van der Waals surface area contributed by atoms with Crippen LogP contribution in [0.2, 0.25) is 0 Å². The normalized spacial score (nSPS) is 10.4. The highest BCUT2D eigenvalue weighted by molar-refractivity contribution is 7.80. The molecular weight excluding hydrogens is 290 g/mol. The van der Waals surface area contributed by atoms with Gasteiger partial charge in [0.25, 0.3) is 0 Å². The number of aryl methyl sites for hydroxylation is 1. The van der Waals surface area contributed by atoms with Crippen molar-refractivity contribution in [3.8, 4) is 0 Å². The number of anilines is 1. The van der Waals surface area contributed by atoms with E-state index in [0.717, 1.165) is 22.3 Å². The lowest BCUT2D eigenvalue weighted by molar-refractivity contribution is 0.926. The number of para-hydroxylation sites is 1. The highest BCUT2D eigenvalue weighted by Crippen LogP contribution is 2.22. The maximum absolute atomic E-state index is 5.40. The Balaban J connectivity index is 1.74. The molecule has 0 saturated carbocycles. The number of hydrogen-bond acceptors (Lipinski definition) is 2. The van der Waals surface area contributed by atoms with Gasteiger partial charge in [0.15, 0.2) is 5.11 Å². The van der Waals surface area contributed by atoms with E-state index in [1.54, 1.807) is 0 Å². The summed E-state index contributed by atoms with van der Waals surface area (Å²) in [4.78, 5) is 4.53. The summed E-state index contributed by atoms with van der Waals surface area (Å²) in [5.41, 5.74) is 4.11. The molecule has 2 aromatic carbocycles. The smallest absolute Gasteiger partial charge is 0.171 e. The summed E-state index contributed by atoms with van der Waals surface area (Å²) in [7, 11) is 0. The number of pyridine rings is 1. The fraction of sp³-hybridized carbons (Fsp3) is 0.111. The van der Waals surface area contributed by atoms with E-state index in [2.05, 4.69) is 27.8 Å². The van der Waals surface area contributed by atoms with Gasteiger partial charge < -0.3 is 10.6 Å². The fourth-order valence-electron chi connectivity index (χ4n) is 2.36. The summed E-state index contributed by atoms with van der Waals surface area (Å²) in [5, 5.41) is 8.19. The van der Waals surface area contributed by atoms with Crippen molar-refractivity contribution in [1.29, 1.82) is 0 Å². The molecule has 3 nitrogen and oxygen atoms in total. The monoisotopic (exact) mass is 307 g/mol. The van der Waals surface area contributed by atoms with E-state index in [4.69, 9.17) is 12.2 Å². The van der Waals surface area contributed by atoms with Crippen LogP contribution in [0, 0.1) is 6.92 Å². The van der Waals surface area contributed by atoms with Gasteiger partial charge >= 0.3 is 0 Å². The molecule has 0 fully saturated rings. The predicted octanol–water partition coefficient (Wildman–Crippen LogP) is 4.03. The lowest BCUT2D eigenvalue weighted by atomic mass is 10.1. The lowest BCUT2D eigenvalue weighted by Gasteiger charge is -2.13. The van der Waals surface area contributed by atoms with Crippen LogP contribution in [0.15, 0.2) is 60.7 Å². The van der Waals surface area contributed by atoms with Gasteiger partial charge in [-0.1, -0.05) is 48.5 Å². The second kappa shape index (κ2) is 6.54. The van der Waals surface area contributed by atoms with Crippen molar-refractivity contribution in [1.82, 2.24) is 10.3 Å². The van der Waals surface area contributed by atoms with E-state index in [-0.39, 0.29) is 0 Å². The van der Waals surface area contributed by atoms with Crippen LogP contribution < -0.4 is 10.6 Å². The molecule has 0 bridgehead atoms. The predicted molar refractivity (Wildman–Crippen MR) is 96.0 cm³/mol. The van der Waals surface area contributed by atoms with Crippen molar-refractivity contribution in [2.75, 3.05) is 5.32 Å². The first-order chi connectivity index (χ1) is 10.7. The van der Waals surface area contributed by atoms with Crippen molar-refractivity contribution in [2.24, 2.45) is 0 Å². The van der Waals surface area contributed by atoms with Gasteiger partial charge in [-0.25, -0.2) is 0 Å². The van der Waals surface area contributed by atoms with Crippen molar-refractivity contribution in [3.05, 3.63) is 71.9 Å². The van der Waals surface area contributed by atoms with Gasteiger partial charge in [0, 0.05) is 17.6 Å². The van der Waals surface area contributed by atoms with Gasteiger partial charge in [-0.05, 0) is 36.8 Å². The molecule has 3 rings (SSSR count). The summed E-state index contributed by atoms with van der Waals surface area (Å²) in [6, 6.07) is 20.3. The first-order valence-corrected chi connectivity index (χ1v) is 7.58. The topological polar surface area (TPSA) is 37.0 Å². The maximum atomic E-state index is 5.40. The minimum atomic E-state index is 0.611. The van der Waals surface area contributed by atoms with E-state index in [1.807, 2.05) is 55.5 Å². The van der Waals surface area contributed by atoms with Gasteiger partial charge in [0.2, 0.25) is 0 Å². The summed E-state index contributed by atoms with van der Waals surface area (Å²) in [6.07, 6.45) is 0. The number of nitrogens with one attached hydrogen (secondary N) is 2. The Kier molecular flexibility index (Phi) is 4.30. The molecule has 0 radical (unpaired) electrons. The van der Waals surface area contributed by atoms with Crippen LogP contribution in [0.5, 0.6) is 0 Å². The Labute approximate surface area is 135 Å². The molecule has 0 spiro atoms. The van der Waals surface area contributed by atoms with Crippen LogP contribution >= 0.6 is 12.2 Å². The summed E-state index contributed by atoms with van der Waals surface area (Å²) in [5.74, 6) is 0. The fourth-order valence-corrected chi connectivity index (χ4v) is 2.54. The second-order valence-electron chi connectivity index (χ2n) is 5.12. The molecule has 0 amide bonds. The molecule has 0 saturated heterocycles. The molecule has 0 aliphatic heterocycles. The third kappa shape index (κ3) is 3.40. The highest BCUT2D eigenvalue weighted by Gasteiger charge is 2.05. The van der Waals surface area contributed by atoms with E-state index < -0.39 is 0 Å². The molecule has 0 unspecified atom stereocenters. The summed E-state index contributed by atoms with van der Waals surface area (Å²) < 4.78 is 0.